The van der Waals surface area contributed by atoms with E-state index in [2.05, 4.69) is 283 Å². The first-order chi connectivity index (χ1) is 35.2. The summed E-state index contributed by atoms with van der Waals surface area (Å²) in [7, 11) is 0. The van der Waals surface area contributed by atoms with Gasteiger partial charge in [0, 0.05) is 65.8 Å². The highest BCUT2D eigenvalue weighted by atomic mass is 15.0. The highest BCUT2D eigenvalue weighted by molar-refractivity contribution is 6.14. The lowest BCUT2D eigenvalue weighted by Gasteiger charge is -2.19. The molecule has 0 bridgehead atoms. The van der Waals surface area contributed by atoms with Crippen molar-refractivity contribution in [3.8, 4) is 22.7 Å². The molecule has 0 spiro atoms. The number of benzene rings is 9. The van der Waals surface area contributed by atoms with Crippen LogP contribution in [0.1, 0.15) is 105 Å². The predicted octanol–water partition coefficient (Wildman–Crippen LogP) is 19.3. The smallest absolute Gasteiger partial charge is 0.0561 e. The molecule has 13 aromatic rings. The molecule has 74 heavy (non-hydrogen) atoms. The second kappa shape index (κ2) is 15.8. The van der Waals surface area contributed by atoms with Crippen LogP contribution in [0.4, 0.5) is 0 Å². The largest absolute Gasteiger partial charge is 0.309 e. The van der Waals surface area contributed by atoms with Gasteiger partial charge in [-0.15, -0.1) is 0 Å². The molecular formula is C70H66N4. The fourth-order valence-corrected chi connectivity index (χ4v) is 12.0. The summed E-state index contributed by atoms with van der Waals surface area (Å²) in [6.45, 7) is 27.8. The summed E-state index contributed by atoms with van der Waals surface area (Å²) < 4.78 is 9.92. The van der Waals surface area contributed by atoms with E-state index in [1.165, 1.54) is 109 Å². The maximum Gasteiger partial charge on any atom is 0.0561 e. The van der Waals surface area contributed by atoms with Gasteiger partial charge in [0.1, 0.15) is 0 Å². The normalized spacial score (nSPS) is 13.1. The molecule has 366 valence electrons. The lowest BCUT2D eigenvalue weighted by atomic mass is 9.85. The van der Waals surface area contributed by atoms with Crippen LogP contribution in [0.25, 0.3) is 110 Å². The fraction of sp³-hybridized carbons (Fsp3) is 0.229. The third-order valence-corrected chi connectivity index (χ3v) is 16.2. The summed E-state index contributed by atoms with van der Waals surface area (Å²) in [5.41, 5.74) is 19.6. The predicted molar refractivity (Wildman–Crippen MR) is 319 cm³/mol. The van der Waals surface area contributed by atoms with Crippen molar-refractivity contribution in [2.24, 2.45) is 0 Å². The Labute approximate surface area is 435 Å². The van der Waals surface area contributed by atoms with E-state index in [1.807, 2.05) is 0 Å². The highest BCUT2D eigenvalue weighted by Gasteiger charge is 2.25. The summed E-state index contributed by atoms with van der Waals surface area (Å²) >= 11 is 0. The maximum atomic E-state index is 2.51. The number of aromatic nitrogens is 4. The Balaban J connectivity index is 1.08. The second-order valence-corrected chi connectivity index (χ2v) is 25.2. The third kappa shape index (κ3) is 7.08. The van der Waals surface area contributed by atoms with Gasteiger partial charge in [-0.1, -0.05) is 156 Å². The molecule has 0 amide bonds. The van der Waals surface area contributed by atoms with E-state index >= 15 is 0 Å². The lowest BCUT2D eigenvalue weighted by Crippen LogP contribution is -2.10. The van der Waals surface area contributed by atoms with Crippen molar-refractivity contribution in [3.05, 3.63) is 204 Å². The Morgan fingerprint density at radius 1 is 0.203 bits per heavy atom. The molecule has 0 saturated heterocycles. The molecule has 0 unspecified atom stereocenters. The highest BCUT2D eigenvalue weighted by Crippen LogP contribution is 2.43. The summed E-state index contributed by atoms with van der Waals surface area (Å²) in [5, 5.41) is 10.1. The third-order valence-electron chi connectivity index (χ3n) is 16.2. The van der Waals surface area contributed by atoms with Gasteiger partial charge in [-0.3, -0.25) is 0 Å². The standard InChI is InChI=1S/C70H66N4/c1-67(2,3)43-21-33-61-55(37-43)56-38-44(68(4,5)6)22-34-62(56)73(61)49-29-31-53-54-32-30-50(74-63-35-23-45(69(7,8)9)39-57(63)58-40-46(70(10,11)12)24-36-64(58)74)42-66(54)72(65(53)41-49)48-27-25-47(26-28-48)71-59-19-15-13-17-51(59)52-18-14-16-20-60(52)71/h13-42H,1-12H3. The molecule has 0 aliphatic carbocycles. The molecule has 0 fully saturated rings. The van der Waals surface area contributed by atoms with E-state index in [0.717, 1.165) is 22.7 Å². The number of rotatable bonds is 4. The average molecular weight is 963 g/mol. The van der Waals surface area contributed by atoms with Crippen LogP contribution in [0.15, 0.2) is 182 Å². The summed E-state index contributed by atoms with van der Waals surface area (Å²) in [6, 6.07) is 69.6. The van der Waals surface area contributed by atoms with Crippen molar-refractivity contribution >= 4 is 87.2 Å². The lowest BCUT2D eigenvalue weighted by molar-refractivity contribution is 0.590. The van der Waals surface area contributed by atoms with Crippen LogP contribution in [-0.2, 0) is 21.7 Å². The summed E-state index contributed by atoms with van der Waals surface area (Å²) in [6.07, 6.45) is 0. The van der Waals surface area contributed by atoms with Crippen molar-refractivity contribution in [1.82, 2.24) is 18.3 Å². The van der Waals surface area contributed by atoms with E-state index in [9.17, 15) is 0 Å². The van der Waals surface area contributed by atoms with Gasteiger partial charge in [-0.25, -0.2) is 0 Å². The minimum absolute atomic E-state index is 0.0179. The summed E-state index contributed by atoms with van der Waals surface area (Å²) in [4.78, 5) is 0. The first-order valence-electron chi connectivity index (χ1n) is 26.6. The Morgan fingerprint density at radius 2 is 0.446 bits per heavy atom. The monoisotopic (exact) mass is 963 g/mol. The molecule has 4 aromatic heterocycles. The molecule has 4 heterocycles. The zero-order valence-corrected chi connectivity index (χ0v) is 45.1. The molecule has 0 radical (unpaired) electrons. The zero-order valence-electron chi connectivity index (χ0n) is 45.1. The molecule has 0 aliphatic rings. The van der Waals surface area contributed by atoms with Gasteiger partial charge >= 0.3 is 0 Å². The number of fused-ring (bicyclic) bond motifs is 12. The Hall–Kier alpha value is -7.82. The Bertz CT molecular complexity index is 4030. The van der Waals surface area contributed by atoms with Gasteiger partial charge in [-0.05, 0) is 153 Å². The van der Waals surface area contributed by atoms with Gasteiger partial charge in [0.25, 0.3) is 0 Å². The van der Waals surface area contributed by atoms with Gasteiger partial charge in [0.2, 0.25) is 0 Å². The van der Waals surface area contributed by atoms with E-state index < -0.39 is 0 Å². The van der Waals surface area contributed by atoms with Gasteiger partial charge < -0.3 is 18.3 Å². The van der Waals surface area contributed by atoms with Gasteiger partial charge in [0.15, 0.2) is 0 Å². The number of hydrogen-bond donors (Lipinski definition) is 0. The van der Waals surface area contributed by atoms with Crippen LogP contribution in [0.3, 0.4) is 0 Å². The zero-order chi connectivity index (χ0) is 51.4. The molecule has 9 aromatic carbocycles. The van der Waals surface area contributed by atoms with E-state index in [4.69, 9.17) is 0 Å². The number of para-hydroxylation sites is 2. The maximum absolute atomic E-state index is 2.51. The van der Waals surface area contributed by atoms with E-state index in [0.29, 0.717) is 0 Å². The molecule has 4 heteroatoms. The van der Waals surface area contributed by atoms with Crippen LogP contribution < -0.4 is 0 Å². The van der Waals surface area contributed by atoms with Gasteiger partial charge in [0.05, 0.1) is 44.1 Å². The van der Waals surface area contributed by atoms with Crippen molar-refractivity contribution in [2.75, 3.05) is 0 Å². The molecule has 0 saturated carbocycles. The minimum atomic E-state index is 0.0179. The quantitative estimate of drug-likeness (QED) is 0.167. The average Bonchev–Trinajstić information content (AvgIpc) is 4.10. The van der Waals surface area contributed by atoms with Crippen molar-refractivity contribution in [1.29, 1.82) is 0 Å². The van der Waals surface area contributed by atoms with E-state index in [-0.39, 0.29) is 21.7 Å². The van der Waals surface area contributed by atoms with Crippen molar-refractivity contribution in [2.45, 2.75) is 105 Å². The summed E-state index contributed by atoms with van der Waals surface area (Å²) in [5.74, 6) is 0. The topological polar surface area (TPSA) is 19.7 Å². The molecule has 4 nitrogen and oxygen atoms in total. The molecule has 0 aliphatic heterocycles. The van der Waals surface area contributed by atoms with E-state index in [1.54, 1.807) is 0 Å². The van der Waals surface area contributed by atoms with Crippen molar-refractivity contribution < 1.29 is 0 Å². The fourth-order valence-electron chi connectivity index (χ4n) is 12.0. The van der Waals surface area contributed by atoms with Crippen LogP contribution in [0.2, 0.25) is 0 Å². The number of nitrogens with zero attached hydrogens (tertiary/aromatic N) is 4. The Kier molecular flexibility index (Phi) is 9.85. The molecule has 0 N–H and O–H groups in total. The minimum Gasteiger partial charge on any atom is -0.309 e. The van der Waals surface area contributed by atoms with Crippen LogP contribution in [-0.4, -0.2) is 18.3 Å². The Morgan fingerprint density at radius 3 is 0.757 bits per heavy atom. The molecule has 0 atom stereocenters. The van der Waals surface area contributed by atoms with Crippen molar-refractivity contribution in [3.63, 3.8) is 0 Å². The SMILES string of the molecule is CC(C)(C)c1ccc2c(c1)c1cc(C(C)(C)C)ccc1n2-c1ccc2c3ccc(-n4c5ccc(C(C)(C)C)cc5c5cc(C(C)(C)C)ccc54)cc3n(-c3ccc(-n4c5ccccc5c5ccccc54)cc3)c2c1. The number of hydrogen-bond acceptors (Lipinski definition) is 0. The second-order valence-electron chi connectivity index (χ2n) is 25.2. The first-order valence-corrected chi connectivity index (χ1v) is 26.6. The van der Waals surface area contributed by atoms with Gasteiger partial charge in [-0.2, -0.15) is 0 Å². The van der Waals surface area contributed by atoms with Crippen LogP contribution >= 0.6 is 0 Å². The van der Waals surface area contributed by atoms with Crippen LogP contribution in [0, 0.1) is 0 Å². The first kappa shape index (κ1) is 46.0. The molecular weight excluding hydrogens is 897 g/mol. The molecule has 13 rings (SSSR count). The van der Waals surface area contributed by atoms with Crippen LogP contribution in [0.5, 0.6) is 0 Å².